The molecule has 0 saturated heterocycles. The number of rotatable bonds is 6. The standard InChI is InChI=1S/C64H44N2/c1-63(2)58-39-44(30-32-52(58)55-36-42-20-12-13-21-43(42)38-59(55)63)48-33-34-53(50-27-15-14-26-49(48)50)61-40-60(65-62(66-61)41-18-6-3-7-19-41)45-31-35-57-54(37-45)51-28-16-17-29-56(51)64(57,46-22-8-4-9-23-46)47-24-10-5-11-25-47/h3-40H,1-2H3. The van der Waals surface area contributed by atoms with E-state index in [0.29, 0.717) is 5.82 Å². The van der Waals surface area contributed by atoms with Crippen LogP contribution in [0.5, 0.6) is 0 Å². The van der Waals surface area contributed by atoms with Gasteiger partial charge in [-0.05, 0) is 119 Å². The molecule has 2 aliphatic carbocycles. The first-order valence-corrected chi connectivity index (χ1v) is 23.0. The Morgan fingerprint density at radius 3 is 1.56 bits per heavy atom. The van der Waals surface area contributed by atoms with E-state index in [0.717, 1.165) is 33.5 Å². The van der Waals surface area contributed by atoms with Crippen LogP contribution in [0.25, 0.3) is 88.8 Å². The molecular weight excluding hydrogens is 797 g/mol. The summed E-state index contributed by atoms with van der Waals surface area (Å²) in [5, 5.41) is 4.93. The zero-order valence-electron chi connectivity index (χ0n) is 36.8. The van der Waals surface area contributed by atoms with Gasteiger partial charge in [-0.15, -0.1) is 0 Å². The van der Waals surface area contributed by atoms with Gasteiger partial charge in [0, 0.05) is 22.1 Å². The summed E-state index contributed by atoms with van der Waals surface area (Å²) in [5.41, 5.74) is 19.7. The van der Waals surface area contributed by atoms with Gasteiger partial charge in [0.1, 0.15) is 0 Å². The summed E-state index contributed by atoms with van der Waals surface area (Å²) in [5.74, 6) is 0.702. The highest BCUT2D eigenvalue weighted by atomic mass is 14.9. The Balaban J connectivity index is 0.966. The highest BCUT2D eigenvalue weighted by Crippen LogP contribution is 2.57. The van der Waals surface area contributed by atoms with Gasteiger partial charge in [-0.2, -0.15) is 0 Å². The van der Waals surface area contributed by atoms with E-state index in [1.54, 1.807) is 0 Å². The van der Waals surface area contributed by atoms with Gasteiger partial charge >= 0.3 is 0 Å². The SMILES string of the molecule is CC1(C)c2cc(-c3ccc(-c4cc(-c5ccc6c(c5)-c5ccccc5C6(c5ccccc5)c5ccccc5)nc(-c5ccccc5)n4)c4ccccc34)ccc2-c2cc3ccccc3cc21. The Labute approximate surface area is 385 Å². The van der Waals surface area contributed by atoms with E-state index in [9.17, 15) is 0 Å². The maximum absolute atomic E-state index is 5.36. The lowest BCUT2D eigenvalue weighted by Crippen LogP contribution is -2.28. The van der Waals surface area contributed by atoms with Crippen LogP contribution in [0.3, 0.4) is 0 Å². The zero-order valence-corrected chi connectivity index (χ0v) is 36.8. The van der Waals surface area contributed by atoms with Crippen LogP contribution < -0.4 is 0 Å². The van der Waals surface area contributed by atoms with Gasteiger partial charge in [0.15, 0.2) is 5.82 Å². The van der Waals surface area contributed by atoms with Crippen molar-refractivity contribution < 1.29 is 0 Å². The van der Waals surface area contributed by atoms with E-state index >= 15 is 0 Å². The van der Waals surface area contributed by atoms with E-state index in [1.165, 1.54) is 82.9 Å². The summed E-state index contributed by atoms with van der Waals surface area (Å²) in [7, 11) is 0. The van der Waals surface area contributed by atoms with Crippen LogP contribution in [-0.2, 0) is 10.8 Å². The van der Waals surface area contributed by atoms with Crippen LogP contribution in [0.2, 0.25) is 0 Å². The Morgan fingerprint density at radius 1 is 0.303 bits per heavy atom. The van der Waals surface area contributed by atoms with Gasteiger partial charge in [-0.1, -0.05) is 214 Å². The van der Waals surface area contributed by atoms with Crippen molar-refractivity contribution in [3.05, 3.63) is 264 Å². The summed E-state index contributed by atoms with van der Waals surface area (Å²) in [6.07, 6.45) is 0. The molecule has 10 aromatic carbocycles. The predicted molar refractivity (Wildman–Crippen MR) is 274 cm³/mol. The second-order valence-corrected chi connectivity index (χ2v) is 18.5. The molecule has 0 unspecified atom stereocenters. The molecule has 66 heavy (non-hydrogen) atoms. The zero-order chi connectivity index (χ0) is 44.0. The number of fused-ring (bicyclic) bond motifs is 8. The van der Waals surface area contributed by atoms with E-state index in [4.69, 9.17) is 9.97 Å². The molecule has 1 aromatic heterocycles. The third-order valence-corrected chi connectivity index (χ3v) is 14.6. The van der Waals surface area contributed by atoms with E-state index in [-0.39, 0.29) is 5.41 Å². The summed E-state index contributed by atoms with van der Waals surface area (Å²) >= 11 is 0. The molecule has 0 amide bonds. The second-order valence-electron chi connectivity index (χ2n) is 18.5. The fourth-order valence-electron chi connectivity index (χ4n) is 11.4. The molecule has 1 heterocycles. The van der Waals surface area contributed by atoms with Crippen LogP contribution in [0, 0.1) is 0 Å². The van der Waals surface area contributed by atoms with E-state index < -0.39 is 5.41 Å². The molecule has 2 nitrogen and oxygen atoms in total. The fraction of sp³-hybridized carbons (Fsp3) is 0.0625. The molecule has 0 radical (unpaired) electrons. The number of aromatic nitrogens is 2. The second kappa shape index (κ2) is 14.7. The van der Waals surface area contributed by atoms with Crippen LogP contribution in [0.15, 0.2) is 231 Å². The molecule has 2 aliphatic rings. The van der Waals surface area contributed by atoms with Crippen molar-refractivity contribution in [1.82, 2.24) is 9.97 Å². The van der Waals surface area contributed by atoms with Crippen molar-refractivity contribution >= 4 is 21.5 Å². The first kappa shape index (κ1) is 38.3. The summed E-state index contributed by atoms with van der Waals surface area (Å²) in [6, 6.07) is 84.4. The summed E-state index contributed by atoms with van der Waals surface area (Å²) in [4.78, 5) is 10.7. The number of nitrogens with zero attached hydrogens (tertiary/aromatic N) is 2. The molecule has 0 spiro atoms. The smallest absolute Gasteiger partial charge is 0.160 e. The topological polar surface area (TPSA) is 25.8 Å². The van der Waals surface area contributed by atoms with E-state index in [2.05, 4.69) is 238 Å². The molecule has 0 aliphatic heterocycles. The molecule has 0 N–H and O–H groups in total. The van der Waals surface area contributed by atoms with Crippen molar-refractivity contribution in [3.63, 3.8) is 0 Å². The average molecular weight is 841 g/mol. The maximum Gasteiger partial charge on any atom is 0.160 e. The first-order chi connectivity index (χ1) is 32.5. The lowest BCUT2D eigenvalue weighted by Gasteiger charge is -2.33. The number of hydrogen-bond donors (Lipinski definition) is 0. The Morgan fingerprint density at radius 2 is 0.818 bits per heavy atom. The molecule has 13 rings (SSSR count). The third-order valence-electron chi connectivity index (χ3n) is 14.6. The number of hydrogen-bond acceptors (Lipinski definition) is 2. The minimum absolute atomic E-state index is 0.129. The predicted octanol–water partition coefficient (Wildman–Crippen LogP) is 16.1. The minimum atomic E-state index is -0.465. The average Bonchev–Trinajstić information content (AvgIpc) is 3.80. The monoisotopic (exact) mass is 840 g/mol. The van der Waals surface area contributed by atoms with Crippen LogP contribution in [-0.4, -0.2) is 9.97 Å². The van der Waals surface area contributed by atoms with Gasteiger partial charge in [0.05, 0.1) is 16.8 Å². The molecule has 0 bridgehead atoms. The van der Waals surface area contributed by atoms with Crippen molar-refractivity contribution in [2.24, 2.45) is 0 Å². The highest BCUT2D eigenvalue weighted by Gasteiger charge is 2.46. The number of benzene rings is 10. The molecule has 2 heteroatoms. The van der Waals surface area contributed by atoms with Crippen molar-refractivity contribution in [2.45, 2.75) is 24.7 Å². The summed E-state index contributed by atoms with van der Waals surface area (Å²) in [6.45, 7) is 4.74. The van der Waals surface area contributed by atoms with E-state index in [1.807, 2.05) is 6.07 Å². The molecule has 11 aromatic rings. The van der Waals surface area contributed by atoms with Crippen molar-refractivity contribution in [1.29, 1.82) is 0 Å². The molecule has 0 atom stereocenters. The normalized spacial score (nSPS) is 13.8. The van der Waals surface area contributed by atoms with Crippen LogP contribution in [0.4, 0.5) is 0 Å². The van der Waals surface area contributed by atoms with Gasteiger partial charge in [-0.3, -0.25) is 0 Å². The Hall–Kier alpha value is -8.20. The maximum atomic E-state index is 5.36. The molecule has 310 valence electrons. The van der Waals surface area contributed by atoms with Gasteiger partial charge in [-0.25, -0.2) is 9.97 Å². The van der Waals surface area contributed by atoms with Crippen molar-refractivity contribution in [2.75, 3.05) is 0 Å². The minimum Gasteiger partial charge on any atom is -0.228 e. The van der Waals surface area contributed by atoms with Gasteiger partial charge in [0.2, 0.25) is 0 Å². The third kappa shape index (κ3) is 5.68. The molecular formula is C64H44N2. The van der Waals surface area contributed by atoms with Gasteiger partial charge < -0.3 is 0 Å². The fourth-order valence-corrected chi connectivity index (χ4v) is 11.4. The Bertz CT molecular complexity index is 3680. The molecule has 0 fully saturated rings. The van der Waals surface area contributed by atoms with Gasteiger partial charge in [0.25, 0.3) is 0 Å². The van der Waals surface area contributed by atoms with Crippen LogP contribution >= 0.6 is 0 Å². The van der Waals surface area contributed by atoms with Crippen molar-refractivity contribution in [3.8, 4) is 67.3 Å². The lowest BCUT2D eigenvalue weighted by atomic mass is 9.67. The first-order valence-electron chi connectivity index (χ1n) is 23.0. The quantitative estimate of drug-likeness (QED) is 0.167. The molecule has 0 saturated carbocycles. The van der Waals surface area contributed by atoms with Crippen LogP contribution in [0.1, 0.15) is 47.2 Å². The highest BCUT2D eigenvalue weighted by molar-refractivity contribution is 6.05. The summed E-state index contributed by atoms with van der Waals surface area (Å²) < 4.78 is 0. The lowest BCUT2D eigenvalue weighted by molar-refractivity contribution is 0.661. The largest absolute Gasteiger partial charge is 0.228 e. The Kier molecular flexibility index (Phi) is 8.51.